The predicted octanol–water partition coefficient (Wildman–Crippen LogP) is 3.99. The van der Waals surface area contributed by atoms with Gasteiger partial charge < -0.3 is 4.74 Å². The monoisotopic (exact) mass is 470 g/mol. The number of benzene rings is 3. The molecule has 0 spiro atoms. The summed E-state index contributed by atoms with van der Waals surface area (Å²) >= 11 is 1.39. The topological polar surface area (TPSA) is 79.0 Å². The molecule has 0 N–H and O–H groups in total. The average molecular weight is 471 g/mol. The van der Waals surface area contributed by atoms with Crippen molar-refractivity contribution >= 4 is 33.6 Å². The largest absolute Gasteiger partial charge is 0.497 e. The summed E-state index contributed by atoms with van der Waals surface area (Å²) < 4.78 is 8.48. The molecule has 34 heavy (non-hydrogen) atoms. The van der Waals surface area contributed by atoms with Gasteiger partial charge in [0.25, 0.3) is 11.1 Å². The van der Waals surface area contributed by atoms with Gasteiger partial charge in [-0.3, -0.25) is 18.7 Å². The lowest BCUT2D eigenvalue weighted by Crippen LogP contribution is -2.25. The molecule has 8 heteroatoms. The van der Waals surface area contributed by atoms with Crippen LogP contribution in [0.4, 0.5) is 0 Å². The number of thioether (sulfide) groups is 1. The second kappa shape index (κ2) is 9.15. The number of hydrogen-bond donors (Lipinski definition) is 0. The molecule has 0 fully saturated rings. The van der Waals surface area contributed by atoms with Gasteiger partial charge in [-0.25, -0.2) is 9.97 Å². The van der Waals surface area contributed by atoms with E-state index in [0.717, 1.165) is 11.3 Å². The summed E-state index contributed by atoms with van der Waals surface area (Å²) in [6.07, 6.45) is 0. The molecule has 0 amide bonds. The van der Waals surface area contributed by atoms with Crippen molar-refractivity contribution in [1.82, 2.24) is 19.1 Å². The Morgan fingerprint density at radius 2 is 1.44 bits per heavy atom. The number of methoxy groups -OCH3 is 1. The third-order valence-corrected chi connectivity index (χ3v) is 6.70. The Kier molecular flexibility index (Phi) is 5.90. The maximum Gasteiger partial charge on any atom is 0.262 e. The van der Waals surface area contributed by atoms with Crippen LogP contribution in [0.5, 0.6) is 5.75 Å². The van der Waals surface area contributed by atoms with E-state index in [0.29, 0.717) is 45.1 Å². The lowest BCUT2D eigenvalue weighted by Gasteiger charge is -2.14. The zero-order valence-corrected chi connectivity index (χ0v) is 19.6. The Morgan fingerprint density at radius 3 is 2.12 bits per heavy atom. The van der Waals surface area contributed by atoms with Gasteiger partial charge >= 0.3 is 0 Å². The van der Waals surface area contributed by atoms with Crippen LogP contribution in [0.3, 0.4) is 0 Å². The van der Waals surface area contributed by atoms with Gasteiger partial charge in [0.2, 0.25) is 0 Å². The van der Waals surface area contributed by atoms with Crippen LogP contribution in [0.2, 0.25) is 0 Å². The fraction of sp³-hybridized carbons (Fsp3) is 0.154. The fourth-order valence-corrected chi connectivity index (χ4v) is 4.82. The molecular weight excluding hydrogens is 448 g/mol. The summed E-state index contributed by atoms with van der Waals surface area (Å²) in [4.78, 5) is 35.6. The van der Waals surface area contributed by atoms with Gasteiger partial charge in [0.15, 0.2) is 5.16 Å². The molecule has 2 heterocycles. The Balaban J connectivity index is 1.55. The highest BCUT2D eigenvalue weighted by atomic mass is 32.2. The van der Waals surface area contributed by atoms with Gasteiger partial charge in [0, 0.05) is 7.05 Å². The molecule has 0 saturated heterocycles. The summed E-state index contributed by atoms with van der Waals surface area (Å²) in [5.41, 5.74) is 2.05. The van der Waals surface area contributed by atoms with Crippen molar-refractivity contribution in [3.05, 3.63) is 105 Å². The van der Waals surface area contributed by atoms with Crippen LogP contribution in [0.25, 0.3) is 21.8 Å². The zero-order chi connectivity index (χ0) is 23.7. The Bertz CT molecular complexity index is 1620. The number of aromatic nitrogens is 4. The molecule has 0 atom stereocenters. The third-order valence-electron chi connectivity index (χ3n) is 5.73. The van der Waals surface area contributed by atoms with Crippen molar-refractivity contribution < 1.29 is 4.74 Å². The first kappa shape index (κ1) is 21.9. The normalized spacial score (nSPS) is 11.2. The number of ether oxygens (including phenoxy) is 1. The van der Waals surface area contributed by atoms with E-state index in [2.05, 4.69) is 4.98 Å². The quantitative estimate of drug-likeness (QED) is 0.276. The van der Waals surface area contributed by atoms with E-state index in [1.165, 1.54) is 11.8 Å². The third kappa shape index (κ3) is 4.08. The molecule has 2 aromatic heterocycles. The first-order valence-electron chi connectivity index (χ1n) is 10.7. The van der Waals surface area contributed by atoms with E-state index < -0.39 is 0 Å². The highest BCUT2D eigenvalue weighted by molar-refractivity contribution is 7.98. The number of hydrogen-bond acceptors (Lipinski definition) is 6. The second-order valence-corrected chi connectivity index (χ2v) is 8.79. The van der Waals surface area contributed by atoms with Crippen molar-refractivity contribution in [3.63, 3.8) is 0 Å². The summed E-state index contributed by atoms with van der Waals surface area (Å²) in [5, 5.41) is 1.72. The number of para-hydroxylation sites is 2. The van der Waals surface area contributed by atoms with E-state index in [9.17, 15) is 9.59 Å². The lowest BCUT2D eigenvalue weighted by atomic mass is 10.2. The van der Waals surface area contributed by atoms with Crippen molar-refractivity contribution in [3.8, 4) is 5.75 Å². The van der Waals surface area contributed by atoms with E-state index in [-0.39, 0.29) is 11.1 Å². The van der Waals surface area contributed by atoms with E-state index in [1.807, 2.05) is 60.7 Å². The molecule has 3 aromatic carbocycles. The van der Waals surface area contributed by atoms with Gasteiger partial charge in [-0.05, 0) is 42.0 Å². The van der Waals surface area contributed by atoms with Gasteiger partial charge in [0.1, 0.15) is 11.6 Å². The molecule has 0 unspecified atom stereocenters. The van der Waals surface area contributed by atoms with E-state index >= 15 is 0 Å². The molecule has 7 nitrogen and oxygen atoms in total. The summed E-state index contributed by atoms with van der Waals surface area (Å²) in [6.45, 7) is 0.368. The zero-order valence-electron chi connectivity index (χ0n) is 18.8. The SMILES string of the molecule is COc1ccc(Cn2c(SCc3nc4ccccc4c(=O)n3C)nc3ccccc3c2=O)cc1. The minimum atomic E-state index is -0.107. The average Bonchev–Trinajstić information content (AvgIpc) is 2.87. The van der Waals surface area contributed by atoms with Crippen LogP contribution in [0, 0.1) is 0 Å². The minimum absolute atomic E-state index is 0.0942. The predicted molar refractivity (Wildman–Crippen MR) is 135 cm³/mol. The smallest absolute Gasteiger partial charge is 0.262 e. The molecule has 0 aliphatic rings. The number of rotatable bonds is 6. The van der Waals surface area contributed by atoms with Crippen molar-refractivity contribution in [1.29, 1.82) is 0 Å². The summed E-state index contributed by atoms with van der Waals surface area (Å²) in [6, 6.07) is 22.2. The maximum atomic E-state index is 13.4. The minimum Gasteiger partial charge on any atom is -0.497 e. The molecule has 5 aromatic rings. The highest BCUT2D eigenvalue weighted by Gasteiger charge is 2.15. The summed E-state index contributed by atoms with van der Waals surface area (Å²) in [7, 11) is 3.34. The van der Waals surface area contributed by atoms with Crippen LogP contribution in [0.15, 0.2) is 87.5 Å². The first-order valence-corrected chi connectivity index (χ1v) is 11.7. The lowest BCUT2D eigenvalue weighted by molar-refractivity contribution is 0.414. The van der Waals surface area contributed by atoms with Crippen LogP contribution in [-0.4, -0.2) is 26.2 Å². The molecule has 0 bridgehead atoms. The standard InChI is InChI=1S/C26H22N4O3S/c1-29-23(27-21-9-5-3-7-19(21)24(29)31)16-34-26-28-22-10-6-4-8-20(22)25(32)30(26)15-17-11-13-18(33-2)14-12-17/h3-14H,15-16H2,1-2H3. The maximum absolute atomic E-state index is 13.4. The van der Waals surface area contributed by atoms with Crippen molar-refractivity contribution in [2.45, 2.75) is 17.5 Å². The van der Waals surface area contributed by atoms with Crippen LogP contribution >= 0.6 is 11.8 Å². The van der Waals surface area contributed by atoms with Gasteiger partial charge in [-0.1, -0.05) is 48.2 Å². The molecular formula is C26H22N4O3S. The van der Waals surface area contributed by atoms with Gasteiger partial charge in [-0.15, -0.1) is 0 Å². The van der Waals surface area contributed by atoms with Crippen LogP contribution in [0.1, 0.15) is 11.4 Å². The van der Waals surface area contributed by atoms with Crippen molar-refractivity contribution in [2.24, 2.45) is 7.05 Å². The second-order valence-electron chi connectivity index (χ2n) is 7.85. The molecule has 5 rings (SSSR count). The molecule has 0 saturated carbocycles. The molecule has 0 aliphatic carbocycles. The van der Waals surface area contributed by atoms with E-state index in [1.54, 1.807) is 35.4 Å². The fourth-order valence-electron chi connectivity index (χ4n) is 3.83. The molecule has 0 radical (unpaired) electrons. The number of nitrogens with zero attached hydrogens (tertiary/aromatic N) is 4. The molecule has 170 valence electrons. The summed E-state index contributed by atoms with van der Waals surface area (Å²) in [5.74, 6) is 1.77. The molecule has 0 aliphatic heterocycles. The van der Waals surface area contributed by atoms with E-state index in [4.69, 9.17) is 9.72 Å². The van der Waals surface area contributed by atoms with Gasteiger partial charge in [0.05, 0.1) is 41.2 Å². The van der Waals surface area contributed by atoms with Crippen LogP contribution < -0.4 is 15.9 Å². The Labute approximate surface area is 199 Å². The Hall–Kier alpha value is -3.91. The number of fused-ring (bicyclic) bond motifs is 2. The highest BCUT2D eigenvalue weighted by Crippen LogP contribution is 2.23. The first-order chi connectivity index (χ1) is 16.5. The van der Waals surface area contributed by atoms with Crippen LogP contribution in [-0.2, 0) is 19.3 Å². The Morgan fingerprint density at radius 1 is 0.824 bits per heavy atom. The van der Waals surface area contributed by atoms with Gasteiger partial charge in [-0.2, -0.15) is 0 Å². The van der Waals surface area contributed by atoms with Crippen molar-refractivity contribution in [2.75, 3.05) is 7.11 Å².